The lowest BCUT2D eigenvalue weighted by Gasteiger charge is -2.21. The van der Waals surface area contributed by atoms with Gasteiger partial charge in [0.05, 0.1) is 12.0 Å². The number of hydrogen-bond donors (Lipinski definition) is 2. The number of aromatic amines is 1. The third kappa shape index (κ3) is 3.40. The molecule has 2 aromatic heterocycles. The largest absolute Gasteiger partial charge is 0.463 e. The summed E-state index contributed by atoms with van der Waals surface area (Å²) >= 11 is 0. The van der Waals surface area contributed by atoms with Crippen LogP contribution < -0.4 is 10.9 Å². The van der Waals surface area contributed by atoms with Gasteiger partial charge in [-0.15, -0.1) is 0 Å². The number of furan rings is 1. The molecule has 1 aliphatic heterocycles. The maximum Gasteiger partial charge on any atom is 0.261 e. The van der Waals surface area contributed by atoms with Crippen LogP contribution in [0.15, 0.2) is 39.7 Å². The number of H-pyrrole nitrogens is 1. The van der Waals surface area contributed by atoms with E-state index in [1.165, 1.54) is 12.3 Å². The van der Waals surface area contributed by atoms with Gasteiger partial charge in [-0.05, 0) is 37.6 Å². The van der Waals surface area contributed by atoms with Gasteiger partial charge in [-0.1, -0.05) is 0 Å². The van der Waals surface area contributed by atoms with E-state index >= 15 is 0 Å². The second kappa shape index (κ2) is 6.74. The summed E-state index contributed by atoms with van der Waals surface area (Å²) in [7, 11) is 0. The van der Waals surface area contributed by atoms with Crippen LogP contribution >= 0.6 is 0 Å². The predicted molar refractivity (Wildman–Crippen MR) is 87.5 cm³/mol. The van der Waals surface area contributed by atoms with E-state index < -0.39 is 11.5 Å². The van der Waals surface area contributed by atoms with Crippen molar-refractivity contribution in [2.45, 2.75) is 25.8 Å². The lowest BCUT2D eigenvalue weighted by molar-refractivity contribution is -0.127. The second-order valence-electron chi connectivity index (χ2n) is 5.91. The Kier molecular flexibility index (Phi) is 4.50. The van der Waals surface area contributed by atoms with Crippen LogP contribution in [0, 0.1) is 0 Å². The van der Waals surface area contributed by atoms with Crippen molar-refractivity contribution in [1.82, 2.24) is 15.2 Å². The summed E-state index contributed by atoms with van der Waals surface area (Å²) < 4.78 is 5.22. The highest BCUT2D eigenvalue weighted by Crippen LogP contribution is 2.15. The van der Waals surface area contributed by atoms with Crippen molar-refractivity contribution in [1.29, 1.82) is 0 Å². The van der Waals surface area contributed by atoms with Gasteiger partial charge in [-0.2, -0.15) is 0 Å². The zero-order valence-electron chi connectivity index (χ0n) is 13.4. The number of rotatable bonds is 5. The molecular weight excluding hydrogens is 310 g/mol. The van der Waals surface area contributed by atoms with E-state index in [0.29, 0.717) is 24.4 Å². The number of amides is 2. The van der Waals surface area contributed by atoms with Crippen LogP contribution in [-0.2, 0) is 4.79 Å². The maximum absolute atomic E-state index is 12.3. The molecule has 2 aromatic rings. The van der Waals surface area contributed by atoms with E-state index in [4.69, 9.17) is 4.42 Å². The van der Waals surface area contributed by atoms with E-state index in [0.717, 1.165) is 13.0 Å². The first-order valence-electron chi connectivity index (χ1n) is 7.90. The Morgan fingerprint density at radius 1 is 1.38 bits per heavy atom. The molecule has 126 valence electrons. The van der Waals surface area contributed by atoms with Gasteiger partial charge < -0.3 is 19.6 Å². The van der Waals surface area contributed by atoms with Crippen molar-refractivity contribution in [3.05, 3.63) is 46.4 Å². The van der Waals surface area contributed by atoms with Gasteiger partial charge in [0.1, 0.15) is 11.3 Å². The summed E-state index contributed by atoms with van der Waals surface area (Å²) in [5.41, 5.74) is 0.0630. The fourth-order valence-corrected chi connectivity index (χ4v) is 2.80. The Labute approximate surface area is 138 Å². The van der Waals surface area contributed by atoms with Crippen molar-refractivity contribution >= 4 is 11.8 Å². The lowest BCUT2D eigenvalue weighted by atomic mass is 10.2. The molecular formula is C17H19N3O4. The van der Waals surface area contributed by atoms with E-state index in [1.54, 1.807) is 23.1 Å². The minimum Gasteiger partial charge on any atom is -0.463 e. The number of nitrogens with zero attached hydrogens (tertiary/aromatic N) is 1. The average Bonchev–Trinajstić information content (AvgIpc) is 3.19. The van der Waals surface area contributed by atoms with E-state index in [9.17, 15) is 14.4 Å². The molecule has 0 bridgehead atoms. The van der Waals surface area contributed by atoms with Crippen LogP contribution in [0.4, 0.5) is 0 Å². The first-order chi connectivity index (χ1) is 11.5. The van der Waals surface area contributed by atoms with Crippen LogP contribution in [0.25, 0.3) is 11.5 Å². The Hall–Kier alpha value is -2.83. The van der Waals surface area contributed by atoms with Gasteiger partial charge in [-0.3, -0.25) is 14.4 Å². The quantitative estimate of drug-likeness (QED) is 0.866. The second-order valence-corrected chi connectivity index (χ2v) is 5.91. The van der Waals surface area contributed by atoms with E-state index in [-0.39, 0.29) is 17.5 Å². The number of hydrogen-bond acceptors (Lipinski definition) is 4. The molecule has 2 N–H and O–H groups in total. The van der Waals surface area contributed by atoms with Gasteiger partial charge in [0.15, 0.2) is 0 Å². The highest BCUT2D eigenvalue weighted by Gasteiger charge is 2.23. The average molecular weight is 329 g/mol. The first kappa shape index (κ1) is 16.0. The monoisotopic (exact) mass is 329 g/mol. The molecule has 0 radical (unpaired) electrons. The van der Waals surface area contributed by atoms with Gasteiger partial charge in [0.25, 0.3) is 11.5 Å². The topological polar surface area (TPSA) is 95.4 Å². The fourth-order valence-electron chi connectivity index (χ4n) is 2.80. The summed E-state index contributed by atoms with van der Waals surface area (Å²) in [6, 6.07) is 6.31. The smallest absolute Gasteiger partial charge is 0.261 e. The zero-order chi connectivity index (χ0) is 17.1. The van der Waals surface area contributed by atoms with Crippen molar-refractivity contribution in [2.24, 2.45) is 0 Å². The Balaban J connectivity index is 1.66. The van der Waals surface area contributed by atoms with Crippen LogP contribution in [0.1, 0.15) is 30.1 Å². The third-order valence-corrected chi connectivity index (χ3v) is 3.98. The standard InChI is InChI=1S/C17H19N3O4/c1-11(10-20-8-2-5-15(20)21)18-16(22)12-6-7-13(19-17(12)23)14-4-3-9-24-14/h3-4,6-7,9,11H,2,5,8,10H2,1H3,(H,18,22)(H,19,23)/t11-/m1/s1. The molecule has 3 heterocycles. The van der Waals surface area contributed by atoms with Crippen LogP contribution in [-0.4, -0.2) is 40.8 Å². The predicted octanol–water partition coefficient (Wildman–Crippen LogP) is 1.38. The van der Waals surface area contributed by atoms with E-state index in [1.807, 2.05) is 6.92 Å². The normalized spacial score (nSPS) is 15.5. The fraction of sp³-hybridized carbons (Fsp3) is 0.353. The minimum atomic E-state index is -0.481. The van der Waals surface area contributed by atoms with Crippen molar-refractivity contribution in [3.63, 3.8) is 0 Å². The number of aromatic nitrogens is 1. The molecule has 24 heavy (non-hydrogen) atoms. The number of pyridine rings is 1. The highest BCUT2D eigenvalue weighted by atomic mass is 16.3. The van der Waals surface area contributed by atoms with Crippen LogP contribution in [0.5, 0.6) is 0 Å². The van der Waals surface area contributed by atoms with Crippen molar-refractivity contribution < 1.29 is 14.0 Å². The molecule has 7 heteroatoms. The zero-order valence-corrected chi connectivity index (χ0v) is 13.4. The molecule has 1 fully saturated rings. The summed E-state index contributed by atoms with van der Waals surface area (Å²) in [6.45, 7) is 2.99. The molecule has 1 aliphatic rings. The third-order valence-electron chi connectivity index (χ3n) is 3.98. The van der Waals surface area contributed by atoms with Crippen molar-refractivity contribution in [2.75, 3.05) is 13.1 Å². The van der Waals surface area contributed by atoms with Crippen molar-refractivity contribution in [3.8, 4) is 11.5 Å². The van der Waals surface area contributed by atoms with Gasteiger partial charge in [-0.25, -0.2) is 0 Å². The highest BCUT2D eigenvalue weighted by molar-refractivity contribution is 5.94. The Morgan fingerprint density at radius 2 is 2.21 bits per heavy atom. The first-order valence-corrected chi connectivity index (χ1v) is 7.90. The molecule has 1 saturated heterocycles. The summed E-state index contributed by atoms with van der Waals surface area (Å²) in [5.74, 6) is 0.179. The van der Waals surface area contributed by atoms with Crippen LogP contribution in [0.2, 0.25) is 0 Å². The molecule has 0 saturated carbocycles. The Morgan fingerprint density at radius 3 is 2.83 bits per heavy atom. The number of carbonyl (C=O) groups excluding carboxylic acids is 2. The maximum atomic E-state index is 12.3. The summed E-state index contributed by atoms with van der Waals surface area (Å²) in [4.78, 5) is 40.4. The van der Waals surface area contributed by atoms with Gasteiger partial charge in [0, 0.05) is 25.6 Å². The van der Waals surface area contributed by atoms with Gasteiger partial charge >= 0.3 is 0 Å². The summed E-state index contributed by atoms with van der Waals surface area (Å²) in [6.07, 6.45) is 2.93. The number of nitrogens with one attached hydrogen (secondary N) is 2. The molecule has 0 spiro atoms. The molecule has 0 aromatic carbocycles. The SMILES string of the molecule is C[C@H](CN1CCCC1=O)NC(=O)c1ccc(-c2ccco2)[nH]c1=O. The number of likely N-dealkylation sites (tertiary alicyclic amines) is 1. The molecule has 3 rings (SSSR count). The van der Waals surface area contributed by atoms with E-state index in [2.05, 4.69) is 10.3 Å². The Bertz CT molecular complexity index is 794. The minimum absolute atomic E-state index is 0.0323. The summed E-state index contributed by atoms with van der Waals surface area (Å²) in [5, 5.41) is 2.76. The lowest BCUT2D eigenvalue weighted by Crippen LogP contribution is -2.43. The molecule has 7 nitrogen and oxygen atoms in total. The van der Waals surface area contributed by atoms with Gasteiger partial charge in [0.2, 0.25) is 5.91 Å². The number of carbonyl (C=O) groups is 2. The van der Waals surface area contributed by atoms with Crippen LogP contribution in [0.3, 0.4) is 0 Å². The molecule has 0 unspecified atom stereocenters. The molecule has 1 atom stereocenters. The molecule has 2 amide bonds. The molecule has 0 aliphatic carbocycles.